The molecule has 1 heterocycles. The Bertz CT molecular complexity index is 575. The third kappa shape index (κ3) is 3.62. The molecule has 0 fully saturated rings. The van der Waals surface area contributed by atoms with Crippen LogP contribution in [0.5, 0.6) is 0 Å². The van der Waals surface area contributed by atoms with Gasteiger partial charge in [0.1, 0.15) is 0 Å². The van der Waals surface area contributed by atoms with Gasteiger partial charge in [-0.1, -0.05) is 12.1 Å². The fraction of sp³-hybridized carbons (Fsp3) is 0.357. The van der Waals surface area contributed by atoms with E-state index in [-0.39, 0.29) is 6.04 Å². The smallest absolute Gasteiger partial charge is 0.271 e. The molecule has 1 aromatic heterocycles. The number of nitrogens with one attached hydrogen (secondary N) is 1. The van der Waals surface area contributed by atoms with Gasteiger partial charge in [-0.05, 0) is 37.1 Å². The highest BCUT2D eigenvalue weighted by Crippen LogP contribution is 2.29. The maximum Gasteiger partial charge on any atom is 0.416 e. The van der Waals surface area contributed by atoms with Gasteiger partial charge in [0.05, 0.1) is 17.3 Å². The number of aromatic nitrogens is 2. The summed E-state index contributed by atoms with van der Waals surface area (Å²) in [7, 11) is 0. The van der Waals surface area contributed by atoms with Crippen molar-refractivity contribution in [3.05, 3.63) is 53.3 Å². The molecule has 2 rings (SSSR count). The summed E-state index contributed by atoms with van der Waals surface area (Å²) in [5, 5.41) is 4.16. The van der Waals surface area contributed by atoms with E-state index in [1.807, 2.05) is 13.0 Å². The van der Waals surface area contributed by atoms with Crippen LogP contribution in [-0.2, 0) is 19.1 Å². The Morgan fingerprint density at radius 1 is 1.24 bits per heavy atom. The van der Waals surface area contributed by atoms with Crippen molar-refractivity contribution in [1.82, 2.24) is 15.2 Å². The molecule has 0 aliphatic rings. The molecule has 0 bridgehead atoms. The van der Waals surface area contributed by atoms with Crippen LogP contribution >= 0.6 is 0 Å². The molecule has 1 unspecified atom stereocenters. The molecule has 7 heteroatoms. The Labute approximate surface area is 120 Å². The zero-order chi connectivity index (χ0) is 15.5. The number of rotatable bonds is 5. The van der Waals surface area contributed by atoms with Crippen LogP contribution in [0.25, 0.3) is 0 Å². The number of hydrogen-bond acceptors (Lipinski definition) is 3. The van der Waals surface area contributed by atoms with E-state index in [4.69, 9.17) is 5.84 Å². The Kier molecular flexibility index (Phi) is 4.64. The zero-order valence-corrected chi connectivity index (χ0v) is 11.6. The van der Waals surface area contributed by atoms with Crippen molar-refractivity contribution in [3.63, 3.8) is 0 Å². The first-order valence-electron chi connectivity index (χ1n) is 6.59. The molecular weight excluding hydrogens is 281 g/mol. The average molecular weight is 298 g/mol. The maximum atomic E-state index is 12.5. The van der Waals surface area contributed by atoms with E-state index in [0.29, 0.717) is 13.0 Å². The topological polar surface area (TPSA) is 55.9 Å². The molecule has 3 N–H and O–H groups in total. The number of alkyl halides is 3. The highest BCUT2D eigenvalue weighted by atomic mass is 19.4. The number of nitrogens with zero attached hydrogens (tertiary/aromatic N) is 2. The second-order valence-corrected chi connectivity index (χ2v) is 4.69. The SMILES string of the molecule is CCn1nccc1C(Cc1ccc(C(F)(F)F)cc1)NN. The number of nitrogens with two attached hydrogens (primary N) is 1. The number of benzene rings is 1. The molecule has 2 aromatic rings. The minimum atomic E-state index is -4.31. The summed E-state index contributed by atoms with van der Waals surface area (Å²) in [6.07, 6.45) is -2.15. The molecule has 0 aliphatic carbocycles. The molecule has 1 aromatic carbocycles. The molecule has 21 heavy (non-hydrogen) atoms. The van der Waals surface area contributed by atoms with E-state index in [2.05, 4.69) is 10.5 Å². The van der Waals surface area contributed by atoms with Gasteiger partial charge in [0.15, 0.2) is 0 Å². The van der Waals surface area contributed by atoms with Gasteiger partial charge in [-0.25, -0.2) is 0 Å². The zero-order valence-electron chi connectivity index (χ0n) is 11.6. The van der Waals surface area contributed by atoms with Crippen LogP contribution < -0.4 is 11.3 Å². The standard InChI is InChI=1S/C14H17F3N4/c1-2-21-13(7-8-19-21)12(20-18)9-10-3-5-11(6-4-10)14(15,16)17/h3-8,12,20H,2,9,18H2,1H3. The fourth-order valence-electron chi connectivity index (χ4n) is 2.22. The van der Waals surface area contributed by atoms with E-state index in [1.54, 1.807) is 10.9 Å². The molecule has 114 valence electrons. The largest absolute Gasteiger partial charge is 0.416 e. The lowest BCUT2D eigenvalue weighted by atomic mass is 10.0. The van der Waals surface area contributed by atoms with Crippen molar-refractivity contribution in [2.45, 2.75) is 32.1 Å². The second-order valence-electron chi connectivity index (χ2n) is 4.69. The minimum absolute atomic E-state index is 0.204. The van der Waals surface area contributed by atoms with E-state index < -0.39 is 11.7 Å². The Morgan fingerprint density at radius 3 is 2.43 bits per heavy atom. The fourth-order valence-corrected chi connectivity index (χ4v) is 2.22. The van der Waals surface area contributed by atoms with Crippen LogP contribution in [0.3, 0.4) is 0 Å². The first-order valence-corrected chi connectivity index (χ1v) is 6.59. The average Bonchev–Trinajstić information content (AvgIpc) is 2.92. The van der Waals surface area contributed by atoms with Crippen LogP contribution in [0.4, 0.5) is 13.2 Å². The van der Waals surface area contributed by atoms with Gasteiger partial charge in [0.25, 0.3) is 0 Å². The molecule has 0 radical (unpaired) electrons. The van der Waals surface area contributed by atoms with Crippen LogP contribution in [-0.4, -0.2) is 9.78 Å². The van der Waals surface area contributed by atoms with Gasteiger partial charge in [-0.3, -0.25) is 16.0 Å². The predicted molar refractivity (Wildman–Crippen MR) is 73.1 cm³/mol. The normalized spacial score (nSPS) is 13.4. The quantitative estimate of drug-likeness (QED) is 0.659. The molecule has 0 saturated heterocycles. The van der Waals surface area contributed by atoms with Crippen molar-refractivity contribution in [2.75, 3.05) is 0 Å². The monoisotopic (exact) mass is 298 g/mol. The summed E-state index contributed by atoms with van der Waals surface area (Å²) in [5.41, 5.74) is 3.71. The van der Waals surface area contributed by atoms with E-state index >= 15 is 0 Å². The molecular formula is C14H17F3N4. The van der Waals surface area contributed by atoms with Crippen molar-refractivity contribution in [3.8, 4) is 0 Å². The lowest BCUT2D eigenvalue weighted by Gasteiger charge is -2.17. The van der Waals surface area contributed by atoms with Gasteiger partial charge in [0, 0.05) is 12.7 Å². The van der Waals surface area contributed by atoms with Crippen LogP contribution in [0.1, 0.15) is 29.8 Å². The van der Waals surface area contributed by atoms with E-state index in [1.165, 1.54) is 12.1 Å². The molecule has 0 spiro atoms. The van der Waals surface area contributed by atoms with Crippen molar-refractivity contribution in [2.24, 2.45) is 5.84 Å². The summed E-state index contributed by atoms with van der Waals surface area (Å²) in [6.45, 7) is 2.66. The summed E-state index contributed by atoms with van der Waals surface area (Å²) in [5.74, 6) is 5.56. The Balaban J connectivity index is 2.16. The summed E-state index contributed by atoms with van der Waals surface area (Å²) in [4.78, 5) is 0. The van der Waals surface area contributed by atoms with Crippen molar-refractivity contribution >= 4 is 0 Å². The third-order valence-corrected chi connectivity index (χ3v) is 3.33. The Morgan fingerprint density at radius 2 is 1.90 bits per heavy atom. The van der Waals surface area contributed by atoms with E-state index in [9.17, 15) is 13.2 Å². The van der Waals surface area contributed by atoms with Gasteiger partial charge in [0.2, 0.25) is 0 Å². The molecule has 0 saturated carbocycles. The highest BCUT2D eigenvalue weighted by Gasteiger charge is 2.30. The number of halogens is 3. The predicted octanol–water partition coefficient (Wildman–Crippen LogP) is 2.67. The minimum Gasteiger partial charge on any atom is -0.271 e. The van der Waals surface area contributed by atoms with Crippen LogP contribution in [0, 0.1) is 0 Å². The number of hydrazine groups is 1. The van der Waals surface area contributed by atoms with Gasteiger partial charge < -0.3 is 0 Å². The summed E-state index contributed by atoms with van der Waals surface area (Å²) >= 11 is 0. The van der Waals surface area contributed by atoms with E-state index in [0.717, 1.165) is 23.4 Å². The lowest BCUT2D eigenvalue weighted by Crippen LogP contribution is -2.31. The lowest BCUT2D eigenvalue weighted by molar-refractivity contribution is -0.137. The summed E-state index contributed by atoms with van der Waals surface area (Å²) < 4.78 is 39.4. The third-order valence-electron chi connectivity index (χ3n) is 3.33. The van der Waals surface area contributed by atoms with Gasteiger partial charge >= 0.3 is 6.18 Å². The number of aryl methyl sites for hydroxylation is 1. The molecule has 1 atom stereocenters. The number of hydrogen-bond donors (Lipinski definition) is 2. The summed E-state index contributed by atoms with van der Waals surface area (Å²) in [6, 6.07) is 6.75. The second kappa shape index (κ2) is 6.28. The van der Waals surface area contributed by atoms with Gasteiger partial charge in [-0.15, -0.1) is 0 Å². The molecule has 0 amide bonds. The first kappa shape index (κ1) is 15.5. The molecule has 4 nitrogen and oxygen atoms in total. The van der Waals surface area contributed by atoms with Crippen LogP contribution in [0.15, 0.2) is 36.5 Å². The van der Waals surface area contributed by atoms with Crippen molar-refractivity contribution < 1.29 is 13.2 Å². The van der Waals surface area contributed by atoms with Crippen LogP contribution in [0.2, 0.25) is 0 Å². The Hall–Kier alpha value is -1.86. The highest BCUT2D eigenvalue weighted by molar-refractivity contribution is 5.26. The van der Waals surface area contributed by atoms with Gasteiger partial charge in [-0.2, -0.15) is 18.3 Å². The maximum absolute atomic E-state index is 12.5. The first-order chi connectivity index (χ1) is 9.95. The van der Waals surface area contributed by atoms with Crippen molar-refractivity contribution in [1.29, 1.82) is 0 Å². The molecule has 0 aliphatic heterocycles.